The molecular formula is C11H11ClN4O3S. The van der Waals surface area contributed by atoms with Gasteiger partial charge in [0.05, 0.1) is 4.92 Å². The van der Waals surface area contributed by atoms with Crippen LogP contribution in [0.3, 0.4) is 0 Å². The first-order valence-electron chi connectivity index (χ1n) is 5.56. The molecular weight excluding hydrogens is 304 g/mol. The lowest BCUT2D eigenvalue weighted by molar-refractivity contribution is -0.379. The van der Waals surface area contributed by atoms with Crippen LogP contribution in [0.5, 0.6) is 0 Å². The van der Waals surface area contributed by atoms with Gasteiger partial charge < -0.3 is 4.90 Å². The zero-order chi connectivity index (χ0) is 14.9. The van der Waals surface area contributed by atoms with Gasteiger partial charge >= 0.3 is 9.87 Å². The van der Waals surface area contributed by atoms with Crippen molar-refractivity contribution in [2.24, 2.45) is 7.05 Å². The monoisotopic (exact) mass is 314 g/mol. The molecule has 0 fully saturated rings. The quantitative estimate of drug-likeness (QED) is 0.490. The molecule has 2 aromatic heterocycles. The second-order valence-corrected chi connectivity index (χ2v) is 5.49. The molecule has 0 bridgehead atoms. The molecule has 0 N–H and O–H groups in total. The van der Waals surface area contributed by atoms with E-state index in [-0.39, 0.29) is 15.7 Å². The van der Waals surface area contributed by atoms with Crippen LogP contribution < -0.4 is 9.77 Å². The van der Waals surface area contributed by atoms with Crippen LogP contribution in [0.25, 0.3) is 0 Å². The van der Waals surface area contributed by atoms with E-state index in [2.05, 4.69) is 4.98 Å². The molecule has 0 aliphatic heterocycles. The molecule has 0 aliphatic rings. The summed E-state index contributed by atoms with van der Waals surface area (Å²) < 4.78 is 1.27. The molecule has 0 saturated carbocycles. The predicted molar refractivity (Wildman–Crippen MR) is 77.6 cm³/mol. The number of thiazole rings is 1. The highest BCUT2D eigenvalue weighted by Gasteiger charge is 2.25. The normalized spacial score (nSPS) is 10.6. The van der Waals surface area contributed by atoms with Gasteiger partial charge in [-0.1, -0.05) is 17.7 Å². The van der Waals surface area contributed by atoms with Crippen LogP contribution in [-0.4, -0.2) is 21.5 Å². The Bertz CT molecular complexity index is 695. The van der Waals surface area contributed by atoms with Crippen LogP contribution >= 0.6 is 22.9 Å². The molecule has 20 heavy (non-hydrogen) atoms. The number of aromatic nitrogens is 2. The fraction of sp³-hybridized carbons (Fsp3) is 0.273. The molecule has 9 heteroatoms. The van der Waals surface area contributed by atoms with Crippen molar-refractivity contribution in [1.82, 2.24) is 9.55 Å². The number of anilines is 1. The molecule has 106 valence electrons. The molecule has 0 unspecified atom stereocenters. The number of pyridine rings is 1. The molecule has 0 aliphatic carbocycles. The SMILES string of the molecule is CN(Cc1ccc(Cl)nc1)c1c([N+](=O)[O-])sc(=O)n1C. The Balaban J connectivity index is 2.33. The number of nitro groups is 1. The average Bonchev–Trinajstić information content (AvgIpc) is 2.69. The average molecular weight is 315 g/mol. The summed E-state index contributed by atoms with van der Waals surface area (Å²) in [6.45, 7) is 0.384. The third-order valence-corrected chi connectivity index (χ3v) is 3.90. The van der Waals surface area contributed by atoms with Gasteiger partial charge in [-0.25, -0.2) is 4.98 Å². The lowest BCUT2D eigenvalue weighted by Crippen LogP contribution is -2.22. The number of halogens is 1. The first-order chi connectivity index (χ1) is 9.40. The van der Waals surface area contributed by atoms with E-state index in [4.69, 9.17) is 11.6 Å². The van der Waals surface area contributed by atoms with Crippen molar-refractivity contribution in [2.45, 2.75) is 6.54 Å². The lowest BCUT2D eigenvalue weighted by Gasteiger charge is -2.18. The Morgan fingerprint density at radius 2 is 2.25 bits per heavy atom. The lowest BCUT2D eigenvalue weighted by atomic mass is 10.3. The van der Waals surface area contributed by atoms with Crippen molar-refractivity contribution >= 4 is 33.8 Å². The zero-order valence-electron chi connectivity index (χ0n) is 10.7. The van der Waals surface area contributed by atoms with Gasteiger partial charge in [0.1, 0.15) is 5.15 Å². The van der Waals surface area contributed by atoms with Crippen molar-refractivity contribution < 1.29 is 4.92 Å². The first-order valence-corrected chi connectivity index (χ1v) is 6.75. The number of hydrogen-bond acceptors (Lipinski definition) is 6. The van der Waals surface area contributed by atoms with E-state index >= 15 is 0 Å². The van der Waals surface area contributed by atoms with Gasteiger partial charge in [0.25, 0.3) is 0 Å². The van der Waals surface area contributed by atoms with Crippen LogP contribution in [0, 0.1) is 10.1 Å². The van der Waals surface area contributed by atoms with Crippen LogP contribution in [-0.2, 0) is 13.6 Å². The Kier molecular flexibility index (Phi) is 4.05. The summed E-state index contributed by atoms with van der Waals surface area (Å²) in [5, 5.41) is 11.2. The summed E-state index contributed by atoms with van der Waals surface area (Å²) in [5.41, 5.74) is 0.838. The van der Waals surface area contributed by atoms with E-state index < -0.39 is 4.92 Å². The minimum Gasteiger partial charge on any atom is -0.350 e. The minimum absolute atomic E-state index is 0.165. The van der Waals surface area contributed by atoms with Gasteiger partial charge in [0, 0.05) is 38.2 Å². The van der Waals surface area contributed by atoms with E-state index in [1.165, 1.54) is 11.6 Å². The fourth-order valence-electron chi connectivity index (χ4n) is 1.81. The Morgan fingerprint density at radius 3 is 2.80 bits per heavy atom. The summed E-state index contributed by atoms with van der Waals surface area (Å²) in [4.78, 5) is 27.3. The molecule has 2 rings (SSSR count). The van der Waals surface area contributed by atoms with Crippen molar-refractivity contribution in [3.63, 3.8) is 0 Å². The molecule has 0 saturated heterocycles. The third-order valence-electron chi connectivity index (χ3n) is 2.70. The van der Waals surface area contributed by atoms with Gasteiger partial charge in [-0.15, -0.1) is 0 Å². The molecule has 0 aromatic carbocycles. The topological polar surface area (TPSA) is 81.3 Å². The maximum Gasteiger partial charge on any atom is 0.369 e. The summed E-state index contributed by atoms with van der Waals surface area (Å²) in [5.74, 6) is 0.278. The fourth-order valence-corrected chi connectivity index (χ4v) is 2.77. The molecule has 0 atom stereocenters. The first kappa shape index (κ1) is 14.5. The van der Waals surface area contributed by atoms with Gasteiger partial charge in [-0.3, -0.25) is 19.5 Å². The number of hydrogen-bond donors (Lipinski definition) is 0. The van der Waals surface area contributed by atoms with Crippen LogP contribution in [0.1, 0.15) is 5.56 Å². The van der Waals surface area contributed by atoms with Crippen molar-refractivity contribution in [3.05, 3.63) is 48.8 Å². The molecule has 0 spiro atoms. The maximum atomic E-state index is 11.6. The summed E-state index contributed by atoms with van der Waals surface area (Å²) in [7, 11) is 3.20. The van der Waals surface area contributed by atoms with Crippen LogP contribution in [0.4, 0.5) is 10.8 Å². The predicted octanol–water partition coefficient (Wildman–Crippen LogP) is 2.04. The highest BCUT2D eigenvalue weighted by molar-refractivity contribution is 7.13. The second kappa shape index (κ2) is 5.59. The van der Waals surface area contributed by atoms with Crippen LogP contribution in [0.15, 0.2) is 23.1 Å². The van der Waals surface area contributed by atoms with Gasteiger partial charge in [-0.05, 0) is 11.6 Å². The van der Waals surface area contributed by atoms with E-state index in [0.717, 1.165) is 5.56 Å². The highest BCUT2D eigenvalue weighted by atomic mass is 35.5. The Hall–Kier alpha value is -1.93. The molecule has 7 nitrogen and oxygen atoms in total. The standard InChI is InChI=1S/C11H11ClN4O3S/c1-14(6-7-3-4-8(12)13-5-7)9-10(16(18)19)20-11(17)15(9)2/h3-5H,6H2,1-2H3. The third kappa shape index (κ3) is 2.81. The molecule has 0 radical (unpaired) electrons. The highest BCUT2D eigenvalue weighted by Crippen LogP contribution is 2.30. The maximum absolute atomic E-state index is 11.6. The van der Waals surface area contributed by atoms with E-state index in [0.29, 0.717) is 23.0 Å². The second-order valence-electron chi connectivity index (χ2n) is 4.16. The minimum atomic E-state index is -0.544. The molecule has 2 aromatic rings. The Labute approximate surface area is 123 Å². The number of nitrogens with zero attached hydrogens (tertiary/aromatic N) is 4. The van der Waals surface area contributed by atoms with Gasteiger partial charge in [0.15, 0.2) is 0 Å². The smallest absolute Gasteiger partial charge is 0.350 e. The largest absolute Gasteiger partial charge is 0.369 e. The number of rotatable bonds is 4. The summed E-state index contributed by atoms with van der Waals surface area (Å²) in [6, 6.07) is 3.42. The molecule has 0 amide bonds. The van der Waals surface area contributed by atoms with E-state index in [9.17, 15) is 14.9 Å². The summed E-state index contributed by atoms with van der Waals surface area (Å²) in [6.07, 6.45) is 1.59. The van der Waals surface area contributed by atoms with Crippen LogP contribution in [0.2, 0.25) is 5.15 Å². The van der Waals surface area contributed by atoms with Crippen molar-refractivity contribution in [1.29, 1.82) is 0 Å². The van der Waals surface area contributed by atoms with Gasteiger partial charge in [-0.2, -0.15) is 0 Å². The van der Waals surface area contributed by atoms with Crippen molar-refractivity contribution in [2.75, 3.05) is 11.9 Å². The van der Waals surface area contributed by atoms with E-state index in [1.54, 1.807) is 30.3 Å². The zero-order valence-corrected chi connectivity index (χ0v) is 12.3. The van der Waals surface area contributed by atoms with E-state index in [1.807, 2.05) is 0 Å². The molecule has 2 heterocycles. The Morgan fingerprint density at radius 1 is 1.55 bits per heavy atom. The summed E-state index contributed by atoms with van der Waals surface area (Å²) >= 11 is 6.32. The van der Waals surface area contributed by atoms with Crippen molar-refractivity contribution in [3.8, 4) is 0 Å². The van der Waals surface area contributed by atoms with Gasteiger partial charge in [0.2, 0.25) is 5.82 Å².